The standard InChI is InChI=1S/C28H28N2O/c1-22(2)27(31)19-18-26-20-21-30(29-26)28(23-12-6-3-7-13-23,24-14-8-4-9-15-24)25-16-10-5-11-17-25/h3-17,20-22H,18-19H2,1-2H3. The van der Waals surface area contributed by atoms with Gasteiger partial charge in [0.05, 0.1) is 5.69 Å². The summed E-state index contributed by atoms with van der Waals surface area (Å²) in [5.74, 6) is 0.328. The summed E-state index contributed by atoms with van der Waals surface area (Å²) in [6.45, 7) is 3.90. The van der Waals surface area contributed by atoms with Crippen LogP contribution < -0.4 is 0 Å². The molecule has 0 amide bonds. The van der Waals surface area contributed by atoms with Gasteiger partial charge in [-0.2, -0.15) is 5.10 Å². The number of hydrogen-bond acceptors (Lipinski definition) is 2. The first-order chi connectivity index (χ1) is 15.1. The van der Waals surface area contributed by atoms with E-state index in [1.165, 1.54) is 0 Å². The predicted molar refractivity (Wildman–Crippen MR) is 125 cm³/mol. The summed E-state index contributed by atoms with van der Waals surface area (Å²) >= 11 is 0. The molecule has 0 aliphatic rings. The molecule has 0 saturated carbocycles. The Morgan fingerprint density at radius 3 is 1.65 bits per heavy atom. The molecule has 31 heavy (non-hydrogen) atoms. The van der Waals surface area contributed by atoms with Gasteiger partial charge in [0, 0.05) is 18.5 Å². The van der Waals surface area contributed by atoms with Crippen molar-refractivity contribution in [3.8, 4) is 0 Å². The van der Waals surface area contributed by atoms with Crippen LogP contribution in [0.1, 0.15) is 42.7 Å². The highest BCUT2D eigenvalue weighted by molar-refractivity contribution is 5.80. The quantitative estimate of drug-likeness (QED) is 0.341. The molecule has 1 heterocycles. The van der Waals surface area contributed by atoms with Gasteiger partial charge in [0.1, 0.15) is 11.3 Å². The number of carbonyl (C=O) groups is 1. The molecule has 1 aromatic heterocycles. The number of aryl methyl sites for hydroxylation is 1. The van der Waals surface area contributed by atoms with Crippen molar-refractivity contribution < 1.29 is 4.79 Å². The number of ketones is 1. The van der Waals surface area contributed by atoms with Gasteiger partial charge in [0.15, 0.2) is 0 Å². The van der Waals surface area contributed by atoms with Crippen molar-refractivity contribution in [3.05, 3.63) is 126 Å². The first-order valence-corrected chi connectivity index (χ1v) is 10.9. The number of nitrogens with zero attached hydrogens (tertiary/aromatic N) is 2. The zero-order valence-electron chi connectivity index (χ0n) is 18.1. The summed E-state index contributed by atoms with van der Waals surface area (Å²) in [7, 11) is 0. The zero-order valence-corrected chi connectivity index (χ0v) is 18.1. The molecule has 4 aromatic rings. The third kappa shape index (κ3) is 4.09. The minimum absolute atomic E-state index is 0.0548. The molecule has 0 N–H and O–H groups in total. The lowest BCUT2D eigenvalue weighted by Gasteiger charge is -2.36. The summed E-state index contributed by atoms with van der Waals surface area (Å²) in [6, 6.07) is 33.5. The van der Waals surface area contributed by atoms with Crippen LogP contribution in [0, 0.1) is 5.92 Å². The number of hydrogen-bond donors (Lipinski definition) is 0. The smallest absolute Gasteiger partial charge is 0.137 e. The highest BCUT2D eigenvalue weighted by Crippen LogP contribution is 2.40. The van der Waals surface area contributed by atoms with Crippen molar-refractivity contribution in [1.82, 2.24) is 9.78 Å². The minimum atomic E-state index is -0.607. The van der Waals surface area contributed by atoms with E-state index in [1.54, 1.807) is 0 Å². The molecule has 3 aromatic carbocycles. The molecule has 0 radical (unpaired) electrons. The second-order valence-corrected chi connectivity index (χ2v) is 8.18. The van der Waals surface area contributed by atoms with E-state index in [2.05, 4.69) is 77.5 Å². The summed E-state index contributed by atoms with van der Waals surface area (Å²) in [5, 5.41) is 5.01. The Bertz CT molecular complexity index is 1020. The molecule has 3 heteroatoms. The van der Waals surface area contributed by atoms with Crippen molar-refractivity contribution in [3.63, 3.8) is 0 Å². The average molecular weight is 409 g/mol. The van der Waals surface area contributed by atoms with Crippen LogP contribution in [-0.4, -0.2) is 15.6 Å². The van der Waals surface area contributed by atoms with Crippen molar-refractivity contribution in [2.75, 3.05) is 0 Å². The SMILES string of the molecule is CC(C)C(=O)CCc1ccn(C(c2ccccc2)(c2ccccc2)c2ccccc2)n1. The first-order valence-electron chi connectivity index (χ1n) is 10.9. The highest BCUT2D eigenvalue weighted by atomic mass is 16.1. The number of Topliss-reactive ketones (excluding diaryl/α,β-unsaturated/α-hetero) is 1. The van der Waals surface area contributed by atoms with Gasteiger partial charge in [-0.15, -0.1) is 0 Å². The van der Waals surface area contributed by atoms with Gasteiger partial charge < -0.3 is 0 Å². The Balaban J connectivity index is 1.89. The second-order valence-electron chi connectivity index (χ2n) is 8.18. The third-order valence-electron chi connectivity index (χ3n) is 5.83. The summed E-state index contributed by atoms with van der Waals surface area (Å²) in [4.78, 5) is 12.1. The van der Waals surface area contributed by atoms with Gasteiger partial charge in [-0.05, 0) is 29.2 Å². The topological polar surface area (TPSA) is 34.9 Å². The molecule has 0 spiro atoms. The van der Waals surface area contributed by atoms with Gasteiger partial charge in [0.25, 0.3) is 0 Å². The van der Waals surface area contributed by atoms with Crippen molar-refractivity contribution >= 4 is 5.78 Å². The van der Waals surface area contributed by atoms with Crippen LogP contribution in [0.25, 0.3) is 0 Å². The van der Waals surface area contributed by atoms with Crippen LogP contribution in [0.5, 0.6) is 0 Å². The monoisotopic (exact) mass is 408 g/mol. The number of benzene rings is 3. The van der Waals surface area contributed by atoms with Crippen LogP contribution in [0.4, 0.5) is 0 Å². The van der Waals surface area contributed by atoms with Crippen molar-refractivity contribution in [2.24, 2.45) is 5.92 Å². The Labute approximate surface area is 184 Å². The fraction of sp³-hybridized carbons (Fsp3) is 0.214. The predicted octanol–water partition coefficient (Wildman–Crippen LogP) is 5.88. The molecule has 0 aliphatic carbocycles. The Kier molecular flexibility index (Phi) is 6.13. The van der Waals surface area contributed by atoms with E-state index in [0.717, 1.165) is 22.4 Å². The summed E-state index contributed by atoms with van der Waals surface area (Å²) < 4.78 is 2.06. The normalized spacial score (nSPS) is 11.6. The molecular weight excluding hydrogens is 380 g/mol. The fourth-order valence-corrected chi connectivity index (χ4v) is 4.16. The van der Waals surface area contributed by atoms with Crippen molar-refractivity contribution in [1.29, 1.82) is 0 Å². The van der Waals surface area contributed by atoms with Gasteiger partial charge in [-0.3, -0.25) is 9.48 Å². The number of rotatable bonds is 8. The summed E-state index contributed by atoms with van der Waals surface area (Å²) in [5.41, 5.74) is 3.74. The van der Waals surface area contributed by atoms with Gasteiger partial charge in [0.2, 0.25) is 0 Å². The Morgan fingerprint density at radius 1 is 0.774 bits per heavy atom. The van der Waals surface area contributed by atoms with Crippen LogP contribution in [0.3, 0.4) is 0 Å². The zero-order chi connectivity index (χ0) is 21.7. The maximum atomic E-state index is 12.1. The van der Waals surface area contributed by atoms with E-state index in [4.69, 9.17) is 5.10 Å². The molecule has 0 bridgehead atoms. The molecule has 0 saturated heterocycles. The van der Waals surface area contributed by atoms with Crippen LogP contribution in [-0.2, 0) is 16.8 Å². The maximum Gasteiger partial charge on any atom is 0.137 e. The molecule has 0 fully saturated rings. The van der Waals surface area contributed by atoms with Crippen LogP contribution in [0.15, 0.2) is 103 Å². The van der Waals surface area contributed by atoms with Gasteiger partial charge in [-0.25, -0.2) is 0 Å². The fourth-order valence-electron chi connectivity index (χ4n) is 4.16. The highest BCUT2D eigenvalue weighted by Gasteiger charge is 2.39. The average Bonchev–Trinajstić information content (AvgIpc) is 3.29. The van der Waals surface area contributed by atoms with Gasteiger partial charge in [-0.1, -0.05) is 105 Å². The molecule has 156 valence electrons. The van der Waals surface area contributed by atoms with Crippen LogP contribution in [0.2, 0.25) is 0 Å². The van der Waals surface area contributed by atoms with E-state index in [9.17, 15) is 4.79 Å². The molecule has 3 nitrogen and oxygen atoms in total. The Hall–Kier alpha value is -3.46. The molecular formula is C28H28N2O. The van der Waals surface area contributed by atoms with E-state index in [1.807, 2.05) is 44.3 Å². The van der Waals surface area contributed by atoms with E-state index >= 15 is 0 Å². The lowest BCUT2D eigenvalue weighted by molar-refractivity contribution is -0.121. The molecule has 4 rings (SSSR count). The van der Waals surface area contributed by atoms with E-state index in [-0.39, 0.29) is 11.7 Å². The first kappa shape index (κ1) is 20.8. The third-order valence-corrected chi connectivity index (χ3v) is 5.83. The number of carbonyl (C=O) groups excluding carboxylic acids is 1. The Morgan fingerprint density at radius 2 is 1.23 bits per heavy atom. The van der Waals surface area contributed by atoms with Crippen molar-refractivity contribution in [2.45, 2.75) is 32.2 Å². The second kappa shape index (κ2) is 9.13. The lowest BCUT2D eigenvalue weighted by Crippen LogP contribution is -2.38. The van der Waals surface area contributed by atoms with E-state index < -0.39 is 5.54 Å². The van der Waals surface area contributed by atoms with Crippen LogP contribution >= 0.6 is 0 Å². The maximum absolute atomic E-state index is 12.1. The lowest BCUT2D eigenvalue weighted by atomic mass is 9.77. The van der Waals surface area contributed by atoms with E-state index in [0.29, 0.717) is 12.8 Å². The van der Waals surface area contributed by atoms with Gasteiger partial charge >= 0.3 is 0 Å². The number of aromatic nitrogens is 2. The minimum Gasteiger partial charge on any atom is -0.299 e. The molecule has 0 unspecified atom stereocenters. The largest absolute Gasteiger partial charge is 0.299 e. The summed E-state index contributed by atoms with van der Waals surface area (Å²) in [6.07, 6.45) is 3.21. The molecule has 0 atom stereocenters. The molecule has 0 aliphatic heterocycles.